The van der Waals surface area contributed by atoms with Crippen LogP contribution in [-0.4, -0.2) is 54.2 Å². The van der Waals surface area contributed by atoms with E-state index < -0.39 is 0 Å². The Morgan fingerprint density at radius 2 is 1.95 bits per heavy atom. The minimum absolute atomic E-state index is 0.379. The molecule has 3 saturated heterocycles. The fourth-order valence-electron chi connectivity index (χ4n) is 4.53. The van der Waals surface area contributed by atoms with Gasteiger partial charge in [0.1, 0.15) is 0 Å². The third-order valence-corrected chi connectivity index (χ3v) is 5.67. The summed E-state index contributed by atoms with van der Waals surface area (Å²) in [5.74, 6) is 0. The number of ether oxygens (including phenoxy) is 1. The first-order valence-electron chi connectivity index (χ1n) is 8.49. The van der Waals surface area contributed by atoms with Gasteiger partial charge < -0.3 is 4.74 Å². The maximum atomic E-state index is 5.86. The fourth-order valence-corrected chi connectivity index (χ4v) is 4.53. The monoisotopic (exact) mass is 286 g/mol. The molecule has 0 saturated carbocycles. The van der Waals surface area contributed by atoms with Crippen molar-refractivity contribution in [1.29, 1.82) is 0 Å². The van der Waals surface area contributed by atoms with Crippen molar-refractivity contribution in [3.05, 3.63) is 35.9 Å². The molecular weight excluding hydrogens is 260 g/mol. The van der Waals surface area contributed by atoms with Crippen molar-refractivity contribution in [2.45, 2.75) is 50.4 Å². The van der Waals surface area contributed by atoms with E-state index in [1.54, 1.807) is 0 Å². The van der Waals surface area contributed by atoms with Crippen molar-refractivity contribution in [3.8, 4) is 0 Å². The third-order valence-electron chi connectivity index (χ3n) is 5.67. The van der Waals surface area contributed by atoms with E-state index in [1.165, 1.54) is 44.5 Å². The lowest BCUT2D eigenvalue weighted by molar-refractivity contribution is -0.00631. The molecule has 1 aromatic carbocycles. The molecule has 3 fully saturated rings. The molecule has 0 aliphatic carbocycles. The summed E-state index contributed by atoms with van der Waals surface area (Å²) in [6.45, 7) is 6.88. The summed E-state index contributed by atoms with van der Waals surface area (Å²) in [7, 11) is 0. The van der Waals surface area contributed by atoms with E-state index in [1.807, 2.05) is 0 Å². The van der Waals surface area contributed by atoms with Crippen LogP contribution >= 0.6 is 0 Å². The topological polar surface area (TPSA) is 15.7 Å². The normalized spacial score (nSPS) is 37.8. The van der Waals surface area contributed by atoms with Gasteiger partial charge in [-0.2, -0.15) is 0 Å². The average Bonchev–Trinajstić information content (AvgIpc) is 3.14. The minimum atomic E-state index is 0.379. The smallest absolute Gasteiger partial charge is 0.0703 e. The quantitative estimate of drug-likeness (QED) is 0.831. The van der Waals surface area contributed by atoms with Crippen LogP contribution in [0.5, 0.6) is 0 Å². The average molecular weight is 286 g/mol. The Morgan fingerprint density at radius 1 is 1.10 bits per heavy atom. The van der Waals surface area contributed by atoms with Crippen LogP contribution in [-0.2, 0) is 4.74 Å². The standard InChI is InChI=1S/C18H26N2O/c1-14-17(9-11-21-14)20-12-16-8-5-10-19(16)13-18(20)15-6-3-2-4-7-15/h2-4,6-7,14,16-18H,5,8-13H2,1H3. The third kappa shape index (κ3) is 2.52. The summed E-state index contributed by atoms with van der Waals surface area (Å²) < 4.78 is 5.86. The van der Waals surface area contributed by atoms with Crippen LogP contribution in [0.2, 0.25) is 0 Å². The van der Waals surface area contributed by atoms with Gasteiger partial charge in [0.2, 0.25) is 0 Å². The zero-order chi connectivity index (χ0) is 14.2. The Bertz CT molecular complexity index is 477. The molecule has 0 spiro atoms. The van der Waals surface area contributed by atoms with Gasteiger partial charge >= 0.3 is 0 Å². The molecule has 4 unspecified atom stereocenters. The Labute approximate surface area is 127 Å². The van der Waals surface area contributed by atoms with Gasteiger partial charge in [-0.15, -0.1) is 0 Å². The van der Waals surface area contributed by atoms with Crippen LogP contribution < -0.4 is 0 Å². The molecule has 0 radical (unpaired) electrons. The number of hydrogen-bond donors (Lipinski definition) is 0. The lowest BCUT2D eigenvalue weighted by Crippen LogP contribution is -2.56. The number of hydrogen-bond acceptors (Lipinski definition) is 3. The second-order valence-corrected chi connectivity index (χ2v) is 6.85. The highest BCUT2D eigenvalue weighted by Gasteiger charge is 2.42. The lowest BCUT2D eigenvalue weighted by Gasteiger charge is -2.47. The van der Waals surface area contributed by atoms with E-state index in [2.05, 4.69) is 47.1 Å². The van der Waals surface area contributed by atoms with Crippen LogP contribution in [0.1, 0.15) is 37.8 Å². The molecule has 3 aliphatic heterocycles. The molecule has 3 aliphatic rings. The SMILES string of the molecule is CC1OCCC1N1CC2CCCN2CC1c1ccccc1. The minimum Gasteiger partial charge on any atom is -0.377 e. The zero-order valence-electron chi connectivity index (χ0n) is 12.9. The van der Waals surface area contributed by atoms with Gasteiger partial charge in [0, 0.05) is 37.8 Å². The molecule has 1 aromatic rings. The molecule has 4 rings (SSSR count). The van der Waals surface area contributed by atoms with Crippen LogP contribution in [0.15, 0.2) is 30.3 Å². The maximum Gasteiger partial charge on any atom is 0.0703 e. The molecule has 4 atom stereocenters. The van der Waals surface area contributed by atoms with Crippen LogP contribution in [0.25, 0.3) is 0 Å². The Balaban J connectivity index is 1.63. The van der Waals surface area contributed by atoms with E-state index in [9.17, 15) is 0 Å². The van der Waals surface area contributed by atoms with Crippen LogP contribution in [0.4, 0.5) is 0 Å². The number of benzene rings is 1. The summed E-state index contributed by atoms with van der Waals surface area (Å²) in [6, 6.07) is 13.0. The van der Waals surface area contributed by atoms with E-state index in [0.717, 1.165) is 12.6 Å². The van der Waals surface area contributed by atoms with Crippen molar-refractivity contribution in [3.63, 3.8) is 0 Å². The van der Waals surface area contributed by atoms with Crippen molar-refractivity contribution in [1.82, 2.24) is 9.80 Å². The highest BCUT2D eigenvalue weighted by molar-refractivity contribution is 5.21. The molecule has 114 valence electrons. The summed E-state index contributed by atoms with van der Waals surface area (Å²) in [6.07, 6.45) is 4.32. The molecule has 21 heavy (non-hydrogen) atoms. The van der Waals surface area contributed by atoms with Crippen molar-refractivity contribution >= 4 is 0 Å². The van der Waals surface area contributed by atoms with E-state index >= 15 is 0 Å². The summed E-state index contributed by atoms with van der Waals surface area (Å²) in [5.41, 5.74) is 1.47. The number of fused-ring (bicyclic) bond motifs is 1. The van der Waals surface area contributed by atoms with E-state index in [4.69, 9.17) is 4.74 Å². The Kier molecular flexibility index (Phi) is 3.74. The lowest BCUT2D eigenvalue weighted by atomic mass is 9.96. The van der Waals surface area contributed by atoms with E-state index in [0.29, 0.717) is 18.2 Å². The molecule has 0 amide bonds. The van der Waals surface area contributed by atoms with Crippen LogP contribution in [0, 0.1) is 0 Å². The van der Waals surface area contributed by atoms with Gasteiger partial charge in [-0.3, -0.25) is 9.80 Å². The van der Waals surface area contributed by atoms with Crippen LogP contribution in [0.3, 0.4) is 0 Å². The van der Waals surface area contributed by atoms with Gasteiger partial charge in [0.05, 0.1) is 6.10 Å². The van der Waals surface area contributed by atoms with Crippen molar-refractivity contribution in [2.24, 2.45) is 0 Å². The largest absolute Gasteiger partial charge is 0.377 e. The van der Waals surface area contributed by atoms with E-state index in [-0.39, 0.29) is 0 Å². The second-order valence-electron chi connectivity index (χ2n) is 6.85. The molecule has 0 N–H and O–H groups in total. The fraction of sp³-hybridized carbons (Fsp3) is 0.667. The molecular formula is C18H26N2O. The first-order chi connectivity index (χ1) is 10.3. The molecule has 0 aromatic heterocycles. The first-order valence-corrected chi connectivity index (χ1v) is 8.49. The molecule has 3 heterocycles. The highest BCUT2D eigenvalue weighted by Crippen LogP contribution is 2.36. The Hall–Kier alpha value is -0.900. The van der Waals surface area contributed by atoms with Crippen molar-refractivity contribution in [2.75, 3.05) is 26.2 Å². The predicted octanol–water partition coefficient (Wildman–Crippen LogP) is 2.69. The molecule has 0 bridgehead atoms. The predicted molar refractivity (Wildman–Crippen MR) is 84.3 cm³/mol. The molecule has 3 nitrogen and oxygen atoms in total. The summed E-state index contributed by atoms with van der Waals surface area (Å²) in [5, 5.41) is 0. The van der Waals surface area contributed by atoms with Gasteiger partial charge in [0.15, 0.2) is 0 Å². The number of rotatable bonds is 2. The first kappa shape index (κ1) is 13.7. The number of nitrogens with zero attached hydrogens (tertiary/aromatic N) is 2. The van der Waals surface area contributed by atoms with Crippen molar-refractivity contribution < 1.29 is 4.74 Å². The van der Waals surface area contributed by atoms with Gasteiger partial charge in [-0.1, -0.05) is 30.3 Å². The van der Waals surface area contributed by atoms with Gasteiger partial charge in [-0.05, 0) is 38.3 Å². The van der Waals surface area contributed by atoms with Gasteiger partial charge in [-0.25, -0.2) is 0 Å². The summed E-state index contributed by atoms with van der Waals surface area (Å²) in [4.78, 5) is 5.48. The maximum absolute atomic E-state index is 5.86. The van der Waals surface area contributed by atoms with Gasteiger partial charge in [0.25, 0.3) is 0 Å². The summed E-state index contributed by atoms with van der Waals surface area (Å²) >= 11 is 0. The second kappa shape index (κ2) is 5.71. The highest BCUT2D eigenvalue weighted by atomic mass is 16.5. The Morgan fingerprint density at radius 3 is 2.71 bits per heavy atom. The number of piperazine rings is 1. The molecule has 3 heteroatoms. The zero-order valence-corrected chi connectivity index (χ0v) is 12.9.